The summed E-state index contributed by atoms with van der Waals surface area (Å²) in [7, 11) is 0. The minimum Gasteiger partial charge on any atom is -0.450 e. The highest BCUT2D eigenvalue weighted by Crippen LogP contribution is 2.72. The average molecular weight is 529 g/mol. The zero-order valence-electron chi connectivity index (χ0n) is 21.8. The van der Waals surface area contributed by atoms with E-state index in [0.29, 0.717) is 6.42 Å². The van der Waals surface area contributed by atoms with Gasteiger partial charge in [0.15, 0.2) is 23.8 Å². The normalized spacial score (nSPS) is 44.8. The molecule has 0 heterocycles. The van der Waals surface area contributed by atoms with Crippen LogP contribution in [0.1, 0.15) is 72.6 Å². The number of rotatable bonds is 7. The Bertz CT molecular complexity index is 1060. The molecule has 0 radical (unpaired) electrons. The van der Waals surface area contributed by atoms with E-state index in [4.69, 9.17) is 4.74 Å². The number of fused-ring (bicyclic) bond motifs is 5. The van der Waals surface area contributed by atoms with Crippen molar-refractivity contribution in [2.24, 2.45) is 28.6 Å². The maximum Gasteiger partial charge on any atom is 0.306 e. The highest BCUT2D eigenvalue weighted by atomic mass is 19.2. The Morgan fingerprint density at radius 1 is 1.19 bits per heavy atom. The molecule has 1 N–H and O–H groups in total. The predicted molar refractivity (Wildman–Crippen MR) is 127 cm³/mol. The third-order valence-corrected chi connectivity index (χ3v) is 10.0. The molecule has 4 aliphatic carbocycles. The summed E-state index contributed by atoms with van der Waals surface area (Å²) in [6.07, 6.45) is -0.448. The van der Waals surface area contributed by atoms with Crippen molar-refractivity contribution < 1.29 is 41.8 Å². The summed E-state index contributed by atoms with van der Waals surface area (Å²) in [5.41, 5.74) is -8.46. The number of allylic oxidation sites excluding steroid dienone is 4. The minimum atomic E-state index is -2.57. The Balaban J connectivity index is 1.81. The van der Waals surface area contributed by atoms with Gasteiger partial charge in [0.2, 0.25) is 11.6 Å². The van der Waals surface area contributed by atoms with Crippen molar-refractivity contribution in [1.29, 1.82) is 0 Å². The summed E-state index contributed by atoms with van der Waals surface area (Å²) in [6, 6.07) is 0. The van der Waals surface area contributed by atoms with Crippen LogP contribution in [0.15, 0.2) is 23.6 Å². The van der Waals surface area contributed by atoms with Crippen molar-refractivity contribution in [3.63, 3.8) is 0 Å². The highest BCUT2D eigenvalue weighted by molar-refractivity contribution is 6.04. The summed E-state index contributed by atoms with van der Waals surface area (Å²) in [6.45, 7) is 5.04. The number of Topliss-reactive ketones (excluding diaryl/α,β-unsaturated/α-hetero) is 1. The van der Waals surface area contributed by atoms with E-state index in [-0.39, 0.29) is 19.3 Å². The van der Waals surface area contributed by atoms with Gasteiger partial charge in [0, 0.05) is 34.7 Å². The zero-order valence-corrected chi connectivity index (χ0v) is 21.8. The van der Waals surface area contributed by atoms with Crippen LogP contribution in [0.2, 0.25) is 0 Å². The molecule has 5 nitrogen and oxygen atoms in total. The monoisotopic (exact) mass is 528 g/mol. The molecular formula is C28H36F4O5. The molecule has 0 unspecified atom stereocenters. The predicted octanol–water partition coefficient (Wildman–Crippen LogP) is 5.25. The maximum atomic E-state index is 17.3. The van der Waals surface area contributed by atoms with Crippen molar-refractivity contribution >= 4 is 17.5 Å². The number of ether oxygens (including phenoxy) is 1. The third-order valence-electron chi connectivity index (χ3n) is 10.0. The second-order valence-corrected chi connectivity index (χ2v) is 11.8. The molecule has 0 aliphatic heterocycles. The van der Waals surface area contributed by atoms with Gasteiger partial charge in [-0.2, -0.15) is 0 Å². The number of aliphatic hydroxyl groups is 1. The first kappa shape index (κ1) is 28.0. The van der Waals surface area contributed by atoms with E-state index in [0.717, 1.165) is 25.0 Å². The van der Waals surface area contributed by atoms with Crippen molar-refractivity contribution in [3.8, 4) is 0 Å². The quantitative estimate of drug-likeness (QED) is 0.277. The number of carbonyl (C=O) groups excluding carboxylic acids is 3. The number of ketones is 2. The lowest BCUT2D eigenvalue weighted by molar-refractivity contribution is -0.231. The maximum absolute atomic E-state index is 17.3. The molecule has 206 valence electrons. The van der Waals surface area contributed by atoms with Gasteiger partial charge >= 0.3 is 5.97 Å². The van der Waals surface area contributed by atoms with E-state index in [2.05, 4.69) is 0 Å². The Hall–Kier alpha value is -2.03. The van der Waals surface area contributed by atoms with Gasteiger partial charge in [-0.25, -0.2) is 17.6 Å². The van der Waals surface area contributed by atoms with Crippen LogP contribution >= 0.6 is 0 Å². The molecular weight excluding hydrogens is 492 g/mol. The standard InChI is InChI=1S/C28H36F4O5/c1-5-6-7-8-22(36)37-28(21(35)14-29)15(2)11-16-17-12-18(30)23-24(31)19(33)9-10-25(23,3)27(17,32)20(34)13-26(16,28)4/h9-10,15-18,20,34H,5-8,11-14H2,1-4H3/t15-,16+,17+,18+,20+,25+,26+,27+,28-/m1/s1. The fraction of sp³-hybridized carbons (Fsp3) is 0.750. The summed E-state index contributed by atoms with van der Waals surface area (Å²) in [5, 5.41) is 11.4. The van der Waals surface area contributed by atoms with E-state index in [1.807, 2.05) is 6.92 Å². The van der Waals surface area contributed by atoms with E-state index in [1.54, 1.807) is 13.8 Å². The fourth-order valence-electron chi connectivity index (χ4n) is 8.33. The number of aliphatic hydroxyl groups excluding tert-OH is 1. The number of hydrogen-bond donors (Lipinski definition) is 1. The highest BCUT2D eigenvalue weighted by Gasteiger charge is 2.78. The van der Waals surface area contributed by atoms with Gasteiger partial charge in [0.25, 0.3) is 0 Å². The summed E-state index contributed by atoms with van der Waals surface area (Å²) in [5.74, 6) is -6.73. The zero-order chi connectivity index (χ0) is 27.6. The average Bonchev–Trinajstić information content (AvgIpc) is 3.05. The number of alkyl halides is 3. The Labute approximate surface area is 214 Å². The molecule has 9 heteroatoms. The van der Waals surface area contributed by atoms with Crippen LogP contribution in [-0.4, -0.2) is 52.9 Å². The molecule has 0 aromatic heterocycles. The van der Waals surface area contributed by atoms with Crippen molar-refractivity contribution in [3.05, 3.63) is 23.6 Å². The lowest BCUT2D eigenvalue weighted by Gasteiger charge is -2.63. The largest absolute Gasteiger partial charge is 0.450 e. The van der Waals surface area contributed by atoms with Crippen LogP contribution < -0.4 is 0 Å². The van der Waals surface area contributed by atoms with E-state index in [9.17, 15) is 28.3 Å². The molecule has 4 aliphatic rings. The summed E-state index contributed by atoms with van der Waals surface area (Å²) in [4.78, 5) is 38.1. The van der Waals surface area contributed by atoms with Crippen LogP contribution in [0.25, 0.3) is 0 Å². The molecule has 9 atom stereocenters. The number of halogens is 4. The van der Waals surface area contributed by atoms with Gasteiger partial charge in [-0.15, -0.1) is 0 Å². The van der Waals surface area contributed by atoms with Crippen molar-refractivity contribution in [2.45, 2.75) is 96.2 Å². The molecule has 0 spiro atoms. The van der Waals surface area contributed by atoms with Crippen LogP contribution in [0, 0.1) is 28.6 Å². The summed E-state index contributed by atoms with van der Waals surface area (Å²) >= 11 is 0. The topological polar surface area (TPSA) is 80.7 Å². The van der Waals surface area contributed by atoms with Crippen molar-refractivity contribution in [2.75, 3.05) is 6.67 Å². The summed E-state index contributed by atoms with van der Waals surface area (Å²) < 4.78 is 67.6. The van der Waals surface area contributed by atoms with Crippen LogP contribution in [0.3, 0.4) is 0 Å². The van der Waals surface area contributed by atoms with E-state index >= 15 is 8.78 Å². The van der Waals surface area contributed by atoms with Gasteiger partial charge in [-0.1, -0.05) is 39.7 Å². The lowest BCUT2D eigenvalue weighted by Crippen LogP contribution is -2.71. The molecule has 37 heavy (non-hydrogen) atoms. The molecule has 0 aromatic carbocycles. The van der Waals surface area contributed by atoms with Gasteiger partial charge < -0.3 is 9.84 Å². The molecule has 0 amide bonds. The van der Waals surface area contributed by atoms with Crippen LogP contribution in [-0.2, 0) is 19.1 Å². The Morgan fingerprint density at radius 2 is 1.86 bits per heavy atom. The number of hydrogen-bond acceptors (Lipinski definition) is 5. The van der Waals surface area contributed by atoms with Gasteiger partial charge in [-0.3, -0.25) is 14.4 Å². The molecule has 0 aromatic rings. The fourth-order valence-corrected chi connectivity index (χ4v) is 8.33. The van der Waals surface area contributed by atoms with E-state index in [1.165, 1.54) is 6.92 Å². The molecule has 4 rings (SSSR count). The molecule has 0 bridgehead atoms. The third kappa shape index (κ3) is 3.54. The minimum absolute atomic E-state index is 0.0263. The molecule has 3 saturated carbocycles. The van der Waals surface area contributed by atoms with Crippen LogP contribution in [0.4, 0.5) is 17.6 Å². The molecule has 3 fully saturated rings. The number of unbranched alkanes of at least 4 members (excludes halogenated alkanes) is 2. The first-order valence-electron chi connectivity index (χ1n) is 13.2. The van der Waals surface area contributed by atoms with Gasteiger partial charge in [0.1, 0.15) is 6.17 Å². The first-order valence-corrected chi connectivity index (χ1v) is 13.2. The molecule has 0 saturated heterocycles. The smallest absolute Gasteiger partial charge is 0.306 e. The second-order valence-electron chi connectivity index (χ2n) is 11.8. The van der Waals surface area contributed by atoms with Gasteiger partial charge in [0.05, 0.1) is 6.10 Å². The van der Waals surface area contributed by atoms with Crippen LogP contribution in [0.5, 0.6) is 0 Å². The Morgan fingerprint density at radius 3 is 2.49 bits per heavy atom. The first-order chi connectivity index (χ1) is 17.3. The Kier molecular flexibility index (Phi) is 7.04. The van der Waals surface area contributed by atoms with E-state index < -0.39 is 94.2 Å². The number of carbonyl (C=O) groups is 3. The lowest BCUT2D eigenvalue weighted by atomic mass is 9.44. The van der Waals surface area contributed by atoms with Crippen molar-refractivity contribution in [1.82, 2.24) is 0 Å². The van der Waals surface area contributed by atoms with Gasteiger partial charge in [-0.05, 0) is 44.6 Å². The number of esters is 1. The SMILES string of the molecule is CCCCCC(=O)O[C@@]1(C(=O)CF)[C@H](C)C[C@H]2[C@@H]3C[C@H](F)C4=C(F)C(=O)C=C[C@]4(C)[C@@]3(F)[C@@H](O)C[C@@]21C. The second kappa shape index (κ2) is 9.31.